The van der Waals surface area contributed by atoms with Crippen LogP contribution < -0.4 is 10.1 Å². The molecule has 5 rings (SSSR count). The number of allylic oxidation sites excluding steroid dienone is 2. The van der Waals surface area contributed by atoms with Crippen molar-refractivity contribution in [3.05, 3.63) is 81.1 Å². The molecule has 0 fully saturated rings. The number of ether oxygens (including phenoxy) is 1. The number of ketones is 1. The van der Waals surface area contributed by atoms with E-state index in [1.54, 1.807) is 12.1 Å². The Hall–Kier alpha value is -3.25. The molecule has 2 aromatic carbocycles. The monoisotopic (exact) mass is 436 g/mol. The maximum Gasteiger partial charge on any atom is 0.233 e. The summed E-state index contributed by atoms with van der Waals surface area (Å²) in [6, 6.07) is 12.9. The minimum atomic E-state index is -0.368. The third-order valence-corrected chi connectivity index (χ3v) is 6.39. The van der Waals surface area contributed by atoms with E-state index in [0.29, 0.717) is 40.8 Å². The van der Waals surface area contributed by atoms with Crippen molar-refractivity contribution in [1.29, 1.82) is 0 Å². The Labute approximate surface area is 184 Å². The van der Waals surface area contributed by atoms with Gasteiger partial charge in [0.05, 0.1) is 18.4 Å². The number of methoxy groups -OCH3 is 1. The van der Waals surface area contributed by atoms with Crippen LogP contribution in [0, 0.1) is 6.92 Å². The fourth-order valence-corrected chi connectivity index (χ4v) is 4.79. The summed E-state index contributed by atoms with van der Waals surface area (Å²) in [6.07, 6.45) is 1.07. The molecule has 1 aliphatic heterocycles. The molecule has 1 aromatic heterocycles. The smallest absolute Gasteiger partial charge is 0.233 e. The molecule has 31 heavy (non-hydrogen) atoms. The summed E-state index contributed by atoms with van der Waals surface area (Å²) >= 11 is 6.03. The number of fused-ring (bicyclic) bond motifs is 1. The molecule has 0 amide bonds. The number of aromatic hydroxyl groups is 1. The second-order valence-corrected chi connectivity index (χ2v) is 8.41. The van der Waals surface area contributed by atoms with E-state index >= 15 is 0 Å². The molecular formula is C24H21ClN2O4. The Kier molecular flexibility index (Phi) is 4.74. The zero-order chi connectivity index (χ0) is 21.7. The normalized spacial score (nSPS) is 20.2. The lowest BCUT2D eigenvalue weighted by atomic mass is 9.72. The van der Waals surface area contributed by atoms with Gasteiger partial charge in [0.2, 0.25) is 5.88 Å². The number of phenols is 1. The van der Waals surface area contributed by atoms with Crippen LogP contribution in [0.1, 0.15) is 47.1 Å². The molecule has 3 aromatic rings. The van der Waals surface area contributed by atoms with E-state index in [-0.39, 0.29) is 23.4 Å². The first kappa shape index (κ1) is 19.7. The summed E-state index contributed by atoms with van der Waals surface area (Å²) < 4.78 is 10.7. The molecule has 0 bridgehead atoms. The van der Waals surface area contributed by atoms with Gasteiger partial charge in [-0.1, -0.05) is 35.0 Å². The number of phenolic OH excluding ortho intramolecular Hbond substituents is 1. The Balaban J connectivity index is 1.61. The summed E-state index contributed by atoms with van der Waals surface area (Å²) in [5.41, 5.74) is 4.93. The van der Waals surface area contributed by atoms with Gasteiger partial charge in [0.25, 0.3) is 0 Å². The lowest BCUT2D eigenvalue weighted by Crippen LogP contribution is -2.29. The van der Waals surface area contributed by atoms with Crippen LogP contribution in [0.15, 0.2) is 58.3 Å². The first-order valence-electron chi connectivity index (χ1n) is 10.1. The Morgan fingerprint density at radius 1 is 1.16 bits per heavy atom. The van der Waals surface area contributed by atoms with E-state index < -0.39 is 0 Å². The molecule has 158 valence electrons. The molecule has 0 saturated carbocycles. The predicted octanol–water partition coefficient (Wildman–Crippen LogP) is 5.31. The Bertz CT molecular complexity index is 1210. The largest absolute Gasteiger partial charge is 0.504 e. The highest BCUT2D eigenvalue weighted by Gasteiger charge is 2.41. The fraction of sp³-hybridized carbons (Fsp3) is 0.250. The molecule has 0 spiro atoms. The zero-order valence-corrected chi connectivity index (χ0v) is 17.9. The third-order valence-electron chi connectivity index (χ3n) is 6.14. The van der Waals surface area contributed by atoms with Crippen molar-refractivity contribution in [3.8, 4) is 11.5 Å². The van der Waals surface area contributed by atoms with Gasteiger partial charge in [-0.05, 0) is 54.7 Å². The topological polar surface area (TPSA) is 84.6 Å². The van der Waals surface area contributed by atoms with Crippen LogP contribution in [0.5, 0.6) is 11.5 Å². The molecule has 7 heteroatoms. The minimum absolute atomic E-state index is 0.0265. The van der Waals surface area contributed by atoms with Crippen molar-refractivity contribution in [2.75, 3.05) is 12.4 Å². The second-order valence-electron chi connectivity index (χ2n) is 7.97. The van der Waals surface area contributed by atoms with Gasteiger partial charge >= 0.3 is 0 Å². The summed E-state index contributed by atoms with van der Waals surface area (Å²) in [5.74, 6) is 0.700. The van der Waals surface area contributed by atoms with Crippen molar-refractivity contribution in [2.45, 2.75) is 31.6 Å². The number of Topliss-reactive ketones (excluding diaryl/α,β-unsaturated/α-hetero) is 1. The molecular weight excluding hydrogens is 416 g/mol. The van der Waals surface area contributed by atoms with Crippen LogP contribution >= 0.6 is 11.6 Å². The summed E-state index contributed by atoms with van der Waals surface area (Å²) in [6.45, 7) is 1.86. The van der Waals surface area contributed by atoms with Gasteiger partial charge in [-0.3, -0.25) is 4.79 Å². The maximum atomic E-state index is 13.5. The molecule has 2 heterocycles. The average molecular weight is 437 g/mol. The van der Waals surface area contributed by atoms with Crippen LogP contribution in [0.4, 0.5) is 5.88 Å². The van der Waals surface area contributed by atoms with Gasteiger partial charge in [-0.25, -0.2) is 0 Å². The summed E-state index contributed by atoms with van der Waals surface area (Å²) in [4.78, 5) is 13.5. The van der Waals surface area contributed by atoms with Gasteiger partial charge in [-0.2, -0.15) is 0 Å². The number of anilines is 1. The van der Waals surface area contributed by atoms with E-state index in [4.69, 9.17) is 20.9 Å². The first-order chi connectivity index (χ1) is 15.0. The van der Waals surface area contributed by atoms with Gasteiger partial charge in [-0.15, -0.1) is 0 Å². The fourth-order valence-electron chi connectivity index (χ4n) is 4.66. The number of carbonyl (C=O) groups excluding carboxylic acids is 1. The molecule has 0 saturated heterocycles. The molecule has 6 nitrogen and oxygen atoms in total. The van der Waals surface area contributed by atoms with Gasteiger partial charge < -0.3 is 19.7 Å². The first-order valence-corrected chi connectivity index (χ1v) is 10.5. The van der Waals surface area contributed by atoms with Crippen LogP contribution in [0.3, 0.4) is 0 Å². The van der Waals surface area contributed by atoms with E-state index in [2.05, 4.69) is 10.5 Å². The quantitative estimate of drug-likeness (QED) is 0.578. The number of aromatic nitrogens is 1. The van der Waals surface area contributed by atoms with E-state index in [1.807, 2.05) is 37.3 Å². The van der Waals surface area contributed by atoms with Crippen LogP contribution in [0.25, 0.3) is 0 Å². The number of hydrogen-bond donors (Lipinski definition) is 2. The Morgan fingerprint density at radius 2 is 1.90 bits per heavy atom. The molecule has 2 N–H and O–H groups in total. The number of nitrogens with one attached hydrogen (secondary N) is 1. The highest BCUT2D eigenvalue weighted by atomic mass is 35.5. The van der Waals surface area contributed by atoms with Gasteiger partial charge in [0.15, 0.2) is 17.3 Å². The number of carbonyl (C=O) groups is 1. The molecule has 0 unspecified atom stereocenters. The molecule has 2 aliphatic rings. The predicted molar refractivity (Wildman–Crippen MR) is 117 cm³/mol. The SMILES string of the molecule is COc1ccc([C@@H]2C3=C(C[C@H](c4ccc(Cl)cc4)CC3=O)Nc3onc(C)c32)cc1O. The van der Waals surface area contributed by atoms with Gasteiger partial charge in [0.1, 0.15) is 0 Å². The number of nitrogens with zero attached hydrogens (tertiary/aromatic N) is 1. The van der Waals surface area contributed by atoms with Crippen LogP contribution in [-0.4, -0.2) is 23.2 Å². The van der Waals surface area contributed by atoms with E-state index in [9.17, 15) is 9.90 Å². The number of hydrogen-bond acceptors (Lipinski definition) is 6. The molecule has 2 atom stereocenters. The number of halogens is 1. The highest BCUT2D eigenvalue weighted by Crippen LogP contribution is 2.49. The van der Waals surface area contributed by atoms with Gasteiger partial charge in [0, 0.05) is 28.6 Å². The standard InChI is InChI=1S/C24H21ClN2O4/c1-12-21-22(14-5-8-20(30-2)18(28)10-14)23-17(26-24(21)31-27-12)9-15(11-19(23)29)13-3-6-16(25)7-4-13/h3-8,10,15,22,26,28H,9,11H2,1-2H3/t15-,22-/m0/s1. The number of benzene rings is 2. The zero-order valence-electron chi connectivity index (χ0n) is 17.1. The highest BCUT2D eigenvalue weighted by molar-refractivity contribution is 6.30. The second kappa shape index (κ2) is 7.46. The van der Waals surface area contributed by atoms with E-state index in [1.165, 1.54) is 7.11 Å². The van der Waals surface area contributed by atoms with E-state index in [0.717, 1.165) is 22.4 Å². The lowest BCUT2D eigenvalue weighted by Gasteiger charge is -2.34. The average Bonchev–Trinajstić information content (AvgIpc) is 3.13. The van der Waals surface area contributed by atoms with Crippen molar-refractivity contribution in [1.82, 2.24) is 5.16 Å². The maximum absolute atomic E-state index is 13.5. The molecule has 1 aliphatic carbocycles. The minimum Gasteiger partial charge on any atom is -0.504 e. The summed E-state index contributed by atoms with van der Waals surface area (Å²) in [5, 5.41) is 18.5. The lowest BCUT2D eigenvalue weighted by molar-refractivity contribution is -0.116. The van der Waals surface area contributed by atoms with Crippen molar-refractivity contribution in [3.63, 3.8) is 0 Å². The molecule has 0 radical (unpaired) electrons. The Morgan fingerprint density at radius 3 is 2.61 bits per heavy atom. The van der Waals surface area contributed by atoms with Crippen LogP contribution in [0.2, 0.25) is 5.02 Å². The van der Waals surface area contributed by atoms with Crippen molar-refractivity contribution < 1.29 is 19.2 Å². The van der Waals surface area contributed by atoms with Crippen molar-refractivity contribution >= 4 is 23.3 Å². The van der Waals surface area contributed by atoms with Crippen molar-refractivity contribution in [2.24, 2.45) is 0 Å². The number of aryl methyl sites for hydroxylation is 1. The van der Waals surface area contributed by atoms with Crippen LogP contribution in [-0.2, 0) is 4.79 Å². The summed E-state index contributed by atoms with van der Waals surface area (Å²) in [7, 11) is 1.50. The third kappa shape index (κ3) is 3.27. The number of rotatable bonds is 3.